The second kappa shape index (κ2) is 6.98. The summed E-state index contributed by atoms with van der Waals surface area (Å²) in [6.45, 7) is 6.90. The number of benzene rings is 1. The number of rotatable bonds is 2. The molecular weight excluding hydrogens is 399 g/mol. The summed E-state index contributed by atoms with van der Waals surface area (Å²) in [6, 6.07) is 9.88. The summed E-state index contributed by atoms with van der Waals surface area (Å²) < 4.78 is 19.2. The zero-order valence-electron chi connectivity index (χ0n) is 17.3. The maximum Gasteiger partial charge on any atom is 0.256 e. The molecule has 0 saturated carbocycles. The highest BCUT2D eigenvalue weighted by molar-refractivity contribution is 7.16. The molecule has 5 rings (SSSR count). The van der Waals surface area contributed by atoms with Crippen molar-refractivity contribution in [3.05, 3.63) is 64.0 Å². The van der Waals surface area contributed by atoms with Crippen molar-refractivity contribution in [2.45, 2.75) is 46.2 Å². The van der Waals surface area contributed by atoms with Crippen LogP contribution in [0.5, 0.6) is 0 Å². The molecule has 1 aliphatic heterocycles. The number of furan rings is 1. The molecule has 2 N–H and O–H groups in total. The molecule has 2 aromatic heterocycles. The fourth-order valence-corrected chi connectivity index (χ4v) is 5.81. The van der Waals surface area contributed by atoms with E-state index in [1.54, 1.807) is 23.5 Å². The third-order valence-corrected chi connectivity index (χ3v) is 7.49. The summed E-state index contributed by atoms with van der Waals surface area (Å²) in [6.07, 6.45) is 2.69. The average molecular weight is 425 g/mol. The molecule has 2 aliphatic rings. The van der Waals surface area contributed by atoms with Crippen molar-refractivity contribution in [2.24, 2.45) is 11.3 Å². The van der Waals surface area contributed by atoms with Crippen LogP contribution in [0.2, 0.25) is 0 Å². The standard InChI is InChI=1S/C24H25FN2O2S/c1-24(2,3)14-6-9-16-19(12-14)30-23-20(16)22(28)26-21(27-23)18-11-10-17(29-18)13-4-7-15(25)8-5-13/h4-5,7-8,10-11,14,21,27H,6,9,12H2,1-3H3,(H,26,28)/t14-,21+/m1/s1. The zero-order valence-corrected chi connectivity index (χ0v) is 18.2. The topological polar surface area (TPSA) is 54.3 Å². The van der Waals surface area contributed by atoms with E-state index in [-0.39, 0.29) is 17.1 Å². The minimum atomic E-state index is -0.419. The first kappa shape index (κ1) is 19.4. The molecule has 3 aromatic rings. The van der Waals surface area contributed by atoms with Gasteiger partial charge in [-0.2, -0.15) is 0 Å². The Morgan fingerprint density at radius 3 is 2.60 bits per heavy atom. The highest BCUT2D eigenvalue weighted by atomic mass is 32.1. The van der Waals surface area contributed by atoms with Crippen LogP contribution in [0, 0.1) is 17.2 Å². The molecule has 1 amide bonds. The van der Waals surface area contributed by atoms with E-state index in [1.807, 2.05) is 12.1 Å². The predicted molar refractivity (Wildman–Crippen MR) is 117 cm³/mol. The molecule has 156 valence electrons. The summed E-state index contributed by atoms with van der Waals surface area (Å²) in [5, 5.41) is 7.44. The molecule has 0 unspecified atom stereocenters. The summed E-state index contributed by atoms with van der Waals surface area (Å²) in [4.78, 5) is 14.3. The van der Waals surface area contributed by atoms with Gasteiger partial charge in [-0.1, -0.05) is 20.8 Å². The lowest BCUT2D eigenvalue weighted by Gasteiger charge is -2.34. The number of nitrogens with one attached hydrogen (secondary N) is 2. The van der Waals surface area contributed by atoms with Gasteiger partial charge in [-0.25, -0.2) is 4.39 Å². The van der Waals surface area contributed by atoms with Gasteiger partial charge in [-0.3, -0.25) is 4.79 Å². The Bertz CT molecular complexity index is 1110. The van der Waals surface area contributed by atoms with E-state index < -0.39 is 6.17 Å². The Morgan fingerprint density at radius 1 is 1.10 bits per heavy atom. The van der Waals surface area contributed by atoms with Crippen molar-refractivity contribution in [3.8, 4) is 11.3 Å². The average Bonchev–Trinajstić information content (AvgIpc) is 3.32. The second-order valence-corrected chi connectivity index (χ2v) is 10.4. The van der Waals surface area contributed by atoms with Gasteiger partial charge in [0, 0.05) is 10.4 Å². The third-order valence-electron chi connectivity index (χ3n) is 6.31. The van der Waals surface area contributed by atoms with Crippen LogP contribution < -0.4 is 10.6 Å². The number of carbonyl (C=O) groups is 1. The van der Waals surface area contributed by atoms with Gasteiger partial charge in [0.15, 0.2) is 6.17 Å². The normalized spacial score (nSPS) is 20.9. The number of hydrogen-bond donors (Lipinski definition) is 2. The largest absolute Gasteiger partial charge is 0.457 e. The first-order chi connectivity index (χ1) is 14.3. The van der Waals surface area contributed by atoms with E-state index in [9.17, 15) is 9.18 Å². The van der Waals surface area contributed by atoms with Crippen LogP contribution in [0.4, 0.5) is 9.39 Å². The predicted octanol–water partition coefficient (Wildman–Crippen LogP) is 6.15. The minimum Gasteiger partial charge on any atom is -0.457 e. The molecule has 1 aromatic carbocycles. The molecule has 0 saturated heterocycles. The van der Waals surface area contributed by atoms with Crippen molar-refractivity contribution in [3.63, 3.8) is 0 Å². The number of halogens is 1. The van der Waals surface area contributed by atoms with Crippen LogP contribution >= 0.6 is 11.3 Å². The van der Waals surface area contributed by atoms with Gasteiger partial charge in [-0.05, 0) is 72.6 Å². The highest BCUT2D eigenvalue weighted by Crippen LogP contribution is 2.46. The van der Waals surface area contributed by atoms with E-state index in [4.69, 9.17) is 4.42 Å². The number of anilines is 1. The van der Waals surface area contributed by atoms with Crippen LogP contribution in [-0.2, 0) is 12.8 Å². The van der Waals surface area contributed by atoms with Crippen molar-refractivity contribution < 1.29 is 13.6 Å². The Hall–Kier alpha value is -2.60. The van der Waals surface area contributed by atoms with Crippen molar-refractivity contribution >= 4 is 22.2 Å². The van der Waals surface area contributed by atoms with Gasteiger partial charge in [0.05, 0.1) is 5.56 Å². The van der Waals surface area contributed by atoms with Gasteiger partial charge in [0.25, 0.3) is 5.91 Å². The van der Waals surface area contributed by atoms with E-state index in [0.717, 1.165) is 35.4 Å². The molecule has 0 fully saturated rings. The number of fused-ring (bicyclic) bond motifs is 3. The van der Waals surface area contributed by atoms with Crippen molar-refractivity contribution in [1.29, 1.82) is 0 Å². The van der Waals surface area contributed by atoms with Gasteiger partial charge in [0.1, 0.15) is 22.3 Å². The first-order valence-electron chi connectivity index (χ1n) is 10.4. The van der Waals surface area contributed by atoms with Crippen LogP contribution in [0.15, 0.2) is 40.8 Å². The lowest BCUT2D eigenvalue weighted by Crippen LogP contribution is -2.38. The van der Waals surface area contributed by atoms with E-state index in [0.29, 0.717) is 17.4 Å². The fraction of sp³-hybridized carbons (Fsp3) is 0.375. The SMILES string of the molecule is CC(C)(C)[C@@H]1CCc2c(sc3c2C(=O)N[C@H](c2ccc(-c4ccc(F)cc4)o2)N3)C1. The lowest BCUT2D eigenvalue weighted by molar-refractivity contribution is 0.0930. The smallest absolute Gasteiger partial charge is 0.256 e. The molecule has 0 spiro atoms. The van der Waals surface area contributed by atoms with Crippen molar-refractivity contribution in [1.82, 2.24) is 5.32 Å². The number of thiophene rings is 1. The maximum atomic E-state index is 13.2. The number of carbonyl (C=O) groups excluding carboxylic acids is 1. The van der Waals surface area contributed by atoms with Gasteiger partial charge in [-0.15, -0.1) is 11.3 Å². The summed E-state index contributed by atoms with van der Waals surface area (Å²) in [5.74, 6) is 1.58. The summed E-state index contributed by atoms with van der Waals surface area (Å²) in [5.41, 5.74) is 3.09. The Labute approximate surface area is 179 Å². The molecule has 3 heterocycles. The van der Waals surface area contributed by atoms with Crippen LogP contribution in [-0.4, -0.2) is 5.91 Å². The van der Waals surface area contributed by atoms with Gasteiger partial charge >= 0.3 is 0 Å². The van der Waals surface area contributed by atoms with Crippen molar-refractivity contribution in [2.75, 3.05) is 5.32 Å². The monoisotopic (exact) mass is 424 g/mol. The molecule has 0 bridgehead atoms. The second-order valence-electron chi connectivity index (χ2n) is 9.27. The zero-order chi connectivity index (χ0) is 21.0. The maximum absolute atomic E-state index is 13.2. The molecule has 6 heteroatoms. The Kier molecular flexibility index (Phi) is 4.51. The molecule has 0 radical (unpaired) electrons. The Morgan fingerprint density at radius 2 is 1.87 bits per heavy atom. The molecule has 2 atom stereocenters. The van der Waals surface area contributed by atoms with E-state index in [1.165, 1.54) is 22.6 Å². The van der Waals surface area contributed by atoms with Gasteiger partial charge < -0.3 is 15.1 Å². The molecule has 1 aliphatic carbocycles. The van der Waals surface area contributed by atoms with Crippen LogP contribution in [0.3, 0.4) is 0 Å². The summed E-state index contributed by atoms with van der Waals surface area (Å²) >= 11 is 1.71. The number of hydrogen-bond acceptors (Lipinski definition) is 4. The first-order valence-corrected chi connectivity index (χ1v) is 11.2. The van der Waals surface area contributed by atoms with Gasteiger partial charge in [0.2, 0.25) is 0 Å². The molecular formula is C24H25FN2O2S. The highest BCUT2D eigenvalue weighted by Gasteiger charge is 2.37. The van der Waals surface area contributed by atoms with Crippen LogP contribution in [0.1, 0.15) is 59.9 Å². The number of amides is 1. The van der Waals surface area contributed by atoms with E-state index >= 15 is 0 Å². The molecule has 30 heavy (non-hydrogen) atoms. The fourth-order valence-electron chi connectivity index (χ4n) is 4.46. The molecule has 4 nitrogen and oxygen atoms in total. The lowest BCUT2D eigenvalue weighted by atomic mass is 9.72. The van der Waals surface area contributed by atoms with E-state index in [2.05, 4.69) is 31.4 Å². The summed E-state index contributed by atoms with van der Waals surface area (Å²) in [7, 11) is 0. The minimum absolute atomic E-state index is 0.0415. The quantitative estimate of drug-likeness (QED) is 0.519. The third kappa shape index (κ3) is 3.33. The Balaban J connectivity index is 1.41. The van der Waals surface area contributed by atoms with Crippen LogP contribution in [0.25, 0.3) is 11.3 Å².